The van der Waals surface area contributed by atoms with Crippen molar-refractivity contribution in [2.75, 3.05) is 23.7 Å². The molecule has 1 aromatic rings. The lowest BCUT2D eigenvalue weighted by atomic mass is 10.1. The second-order valence-corrected chi connectivity index (χ2v) is 3.47. The number of piperidine rings is 1. The average Bonchev–Trinajstić information content (AvgIpc) is 2.32. The fourth-order valence-electron chi connectivity index (χ4n) is 1.62. The quantitative estimate of drug-likeness (QED) is 0.796. The largest absolute Gasteiger partial charge is 0.384 e. The number of halogens is 1. The summed E-state index contributed by atoms with van der Waals surface area (Å²) in [5.41, 5.74) is 5.53. The molecule has 2 N–H and O–H groups in total. The molecule has 1 aromatic heterocycles. The Balaban J connectivity index is 0.000000606. The Hall–Kier alpha value is -1.39. The van der Waals surface area contributed by atoms with E-state index in [1.165, 1.54) is 0 Å². The predicted molar refractivity (Wildman–Crippen MR) is 64.1 cm³/mol. The summed E-state index contributed by atoms with van der Waals surface area (Å²) < 4.78 is 13.1. The molecular formula is C11H19FN4. The number of nitrogen functional groups attached to an aromatic ring is 1. The van der Waals surface area contributed by atoms with E-state index in [1.54, 1.807) is 12.3 Å². The second-order valence-electron chi connectivity index (χ2n) is 3.47. The first kappa shape index (κ1) is 12.7. The maximum absolute atomic E-state index is 13.1. The van der Waals surface area contributed by atoms with Crippen LogP contribution in [0, 0.1) is 0 Å². The number of nitrogens with two attached hydrogens (primary N) is 1. The molecule has 0 amide bonds. The van der Waals surface area contributed by atoms with Gasteiger partial charge in [-0.1, -0.05) is 13.8 Å². The summed E-state index contributed by atoms with van der Waals surface area (Å²) in [7, 11) is 0. The molecule has 0 aliphatic carbocycles. The standard InChI is InChI=1S/C9H13FN4.C2H6/c10-7-2-1-5-14(6-7)9-12-4-3-8(11)13-9;1-2/h3-4,7H,1-2,5-6H2,(H2,11,12,13);1-2H3. The lowest BCUT2D eigenvalue weighted by Gasteiger charge is -2.28. The second kappa shape index (κ2) is 6.25. The smallest absolute Gasteiger partial charge is 0.227 e. The van der Waals surface area contributed by atoms with Gasteiger partial charge >= 0.3 is 0 Å². The minimum Gasteiger partial charge on any atom is -0.384 e. The highest BCUT2D eigenvalue weighted by Crippen LogP contribution is 2.17. The van der Waals surface area contributed by atoms with Gasteiger partial charge in [-0.25, -0.2) is 9.37 Å². The van der Waals surface area contributed by atoms with Crippen LogP contribution in [0.25, 0.3) is 0 Å². The van der Waals surface area contributed by atoms with Crippen molar-refractivity contribution in [3.63, 3.8) is 0 Å². The number of hydrogen-bond acceptors (Lipinski definition) is 4. The van der Waals surface area contributed by atoms with Crippen LogP contribution < -0.4 is 10.6 Å². The zero-order valence-corrected chi connectivity index (χ0v) is 9.86. The summed E-state index contributed by atoms with van der Waals surface area (Å²) in [6.45, 7) is 5.19. The predicted octanol–water partition coefficient (Wildman–Crippen LogP) is 2.02. The Bertz CT molecular complexity index is 319. The topological polar surface area (TPSA) is 55.0 Å². The summed E-state index contributed by atoms with van der Waals surface area (Å²) >= 11 is 0. The summed E-state index contributed by atoms with van der Waals surface area (Å²) in [6, 6.07) is 1.63. The number of aromatic nitrogens is 2. The first-order chi connectivity index (χ1) is 7.75. The number of anilines is 2. The van der Waals surface area contributed by atoms with Crippen LogP contribution in [0.1, 0.15) is 26.7 Å². The van der Waals surface area contributed by atoms with Crippen LogP contribution in [0.5, 0.6) is 0 Å². The summed E-state index contributed by atoms with van der Waals surface area (Å²) in [5, 5.41) is 0. The molecule has 1 aliphatic heterocycles. The highest BCUT2D eigenvalue weighted by Gasteiger charge is 2.20. The molecule has 0 radical (unpaired) electrons. The molecule has 2 rings (SSSR count). The van der Waals surface area contributed by atoms with Gasteiger partial charge in [0.1, 0.15) is 12.0 Å². The first-order valence-corrected chi connectivity index (χ1v) is 5.73. The Kier molecular flexibility index (Phi) is 4.95. The molecule has 0 spiro atoms. The monoisotopic (exact) mass is 226 g/mol. The summed E-state index contributed by atoms with van der Waals surface area (Å²) in [4.78, 5) is 9.96. The van der Waals surface area contributed by atoms with Crippen molar-refractivity contribution in [3.05, 3.63) is 12.3 Å². The van der Waals surface area contributed by atoms with Crippen molar-refractivity contribution in [1.82, 2.24) is 9.97 Å². The molecule has 1 saturated heterocycles. The Morgan fingerprint density at radius 3 is 2.88 bits per heavy atom. The van der Waals surface area contributed by atoms with E-state index in [0.29, 0.717) is 24.7 Å². The van der Waals surface area contributed by atoms with Gasteiger partial charge in [-0.2, -0.15) is 4.98 Å². The molecule has 16 heavy (non-hydrogen) atoms. The molecule has 90 valence electrons. The minimum absolute atomic E-state index is 0.378. The maximum atomic E-state index is 13.1. The van der Waals surface area contributed by atoms with Crippen molar-refractivity contribution < 1.29 is 4.39 Å². The van der Waals surface area contributed by atoms with Crippen molar-refractivity contribution in [2.45, 2.75) is 32.9 Å². The number of hydrogen-bond donors (Lipinski definition) is 1. The molecule has 0 bridgehead atoms. The Morgan fingerprint density at radius 1 is 1.50 bits per heavy atom. The molecule has 5 heteroatoms. The van der Waals surface area contributed by atoms with E-state index in [9.17, 15) is 4.39 Å². The Morgan fingerprint density at radius 2 is 2.25 bits per heavy atom. The summed E-state index contributed by atoms with van der Waals surface area (Å²) in [5.74, 6) is 0.961. The van der Waals surface area contributed by atoms with Gasteiger partial charge in [-0.05, 0) is 18.9 Å². The lowest BCUT2D eigenvalue weighted by molar-refractivity contribution is 0.285. The van der Waals surface area contributed by atoms with Crippen LogP contribution in [0.3, 0.4) is 0 Å². The average molecular weight is 226 g/mol. The molecule has 4 nitrogen and oxygen atoms in total. The van der Waals surface area contributed by atoms with Crippen LogP contribution in [0.15, 0.2) is 12.3 Å². The Labute approximate surface area is 95.7 Å². The van der Waals surface area contributed by atoms with E-state index in [-0.39, 0.29) is 0 Å². The molecular weight excluding hydrogens is 207 g/mol. The van der Waals surface area contributed by atoms with Crippen molar-refractivity contribution in [2.24, 2.45) is 0 Å². The number of rotatable bonds is 1. The van der Waals surface area contributed by atoms with Gasteiger partial charge in [0.25, 0.3) is 0 Å². The molecule has 1 aliphatic rings. The van der Waals surface area contributed by atoms with Crippen molar-refractivity contribution >= 4 is 11.8 Å². The van der Waals surface area contributed by atoms with E-state index in [0.717, 1.165) is 13.0 Å². The summed E-state index contributed by atoms with van der Waals surface area (Å²) in [6.07, 6.45) is 2.31. The highest BCUT2D eigenvalue weighted by atomic mass is 19.1. The third-order valence-electron chi connectivity index (χ3n) is 2.31. The van der Waals surface area contributed by atoms with E-state index < -0.39 is 6.17 Å². The van der Waals surface area contributed by atoms with Crippen LogP contribution in [-0.4, -0.2) is 29.2 Å². The van der Waals surface area contributed by atoms with E-state index >= 15 is 0 Å². The van der Waals surface area contributed by atoms with Gasteiger partial charge in [0.15, 0.2) is 0 Å². The molecule has 1 unspecified atom stereocenters. The van der Waals surface area contributed by atoms with Gasteiger partial charge < -0.3 is 10.6 Å². The molecule has 0 aromatic carbocycles. The SMILES string of the molecule is CC.Nc1ccnc(N2CCCC(F)C2)n1. The van der Waals surface area contributed by atoms with Crippen molar-refractivity contribution in [3.8, 4) is 0 Å². The van der Waals surface area contributed by atoms with Gasteiger partial charge in [0.2, 0.25) is 5.95 Å². The zero-order chi connectivity index (χ0) is 12.0. The fraction of sp³-hybridized carbons (Fsp3) is 0.636. The first-order valence-electron chi connectivity index (χ1n) is 5.73. The fourth-order valence-corrected chi connectivity index (χ4v) is 1.62. The van der Waals surface area contributed by atoms with Gasteiger partial charge in [0.05, 0.1) is 6.54 Å². The van der Waals surface area contributed by atoms with Crippen LogP contribution in [0.4, 0.5) is 16.2 Å². The third-order valence-corrected chi connectivity index (χ3v) is 2.31. The van der Waals surface area contributed by atoms with Crippen LogP contribution >= 0.6 is 0 Å². The van der Waals surface area contributed by atoms with E-state index in [4.69, 9.17) is 5.73 Å². The zero-order valence-electron chi connectivity index (χ0n) is 9.86. The van der Waals surface area contributed by atoms with Gasteiger partial charge in [0, 0.05) is 12.7 Å². The molecule has 1 fully saturated rings. The lowest BCUT2D eigenvalue weighted by Crippen LogP contribution is -2.37. The molecule has 0 saturated carbocycles. The third kappa shape index (κ3) is 3.32. The minimum atomic E-state index is -0.770. The number of nitrogens with zero attached hydrogens (tertiary/aromatic N) is 3. The maximum Gasteiger partial charge on any atom is 0.227 e. The molecule has 1 atom stereocenters. The number of alkyl halides is 1. The molecule has 2 heterocycles. The highest BCUT2D eigenvalue weighted by molar-refractivity contribution is 5.38. The van der Waals surface area contributed by atoms with Crippen molar-refractivity contribution in [1.29, 1.82) is 0 Å². The normalized spacial score (nSPS) is 19.9. The van der Waals surface area contributed by atoms with E-state index in [2.05, 4.69) is 9.97 Å². The van der Waals surface area contributed by atoms with Gasteiger partial charge in [-0.15, -0.1) is 0 Å². The van der Waals surface area contributed by atoms with Crippen LogP contribution in [0.2, 0.25) is 0 Å². The van der Waals surface area contributed by atoms with Crippen LogP contribution in [-0.2, 0) is 0 Å². The van der Waals surface area contributed by atoms with E-state index in [1.807, 2.05) is 18.7 Å². The van der Waals surface area contributed by atoms with Gasteiger partial charge in [-0.3, -0.25) is 0 Å².